The van der Waals surface area contributed by atoms with Gasteiger partial charge in [0.15, 0.2) is 0 Å². The summed E-state index contributed by atoms with van der Waals surface area (Å²) >= 11 is 0. The van der Waals surface area contributed by atoms with Gasteiger partial charge in [-0.1, -0.05) is 24.3 Å². The molecule has 0 saturated carbocycles. The van der Waals surface area contributed by atoms with Crippen molar-refractivity contribution in [3.05, 3.63) is 75.3 Å². The van der Waals surface area contributed by atoms with E-state index in [1.165, 1.54) is 12.1 Å². The van der Waals surface area contributed by atoms with Crippen LogP contribution < -0.4 is 5.32 Å². The summed E-state index contributed by atoms with van der Waals surface area (Å²) in [6, 6.07) is 12.5. The second-order valence-corrected chi connectivity index (χ2v) is 5.23. The first-order valence-electron chi connectivity index (χ1n) is 6.87. The average molecular weight is 298 g/mol. The van der Waals surface area contributed by atoms with Gasteiger partial charge in [0.25, 0.3) is 11.6 Å². The zero-order valence-electron chi connectivity index (χ0n) is 11.6. The van der Waals surface area contributed by atoms with Crippen molar-refractivity contribution >= 4 is 11.6 Å². The van der Waals surface area contributed by atoms with E-state index in [1.807, 2.05) is 0 Å². The number of nitrogens with one attached hydrogen (secondary N) is 1. The number of hydrogen-bond acceptors (Lipinski definition) is 4. The summed E-state index contributed by atoms with van der Waals surface area (Å²) in [5.41, 5.74) is 1.85. The van der Waals surface area contributed by atoms with Crippen LogP contribution in [0.25, 0.3) is 0 Å². The molecule has 0 heterocycles. The van der Waals surface area contributed by atoms with E-state index in [9.17, 15) is 20.0 Å². The molecule has 1 amide bonds. The molecule has 112 valence electrons. The molecule has 0 fully saturated rings. The Morgan fingerprint density at radius 2 is 1.95 bits per heavy atom. The van der Waals surface area contributed by atoms with Crippen molar-refractivity contribution in [3.63, 3.8) is 0 Å². The molecule has 0 aromatic heterocycles. The van der Waals surface area contributed by atoms with E-state index >= 15 is 0 Å². The van der Waals surface area contributed by atoms with Gasteiger partial charge < -0.3 is 10.4 Å². The summed E-state index contributed by atoms with van der Waals surface area (Å²) in [6.07, 6.45) is -0.419. The summed E-state index contributed by atoms with van der Waals surface area (Å²) in [4.78, 5) is 22.6. The molecule has 0 bridgehead atoms. The van der Waals surface area contributed by atoms with E-state index in [2.05, 4.69) is 5.32 Å². The molecular weight excluding hydrogens is 284 g/mol. The maximum absolute atomic E-state index is 12.2. The van der Waals surface area contributed by atoms with Crippen LogP contribution in [0, 0.1) is 10.1 Å². The zero-order chi connectivity index (χ0) is 15.7. The molecule has 3 rings (SSSR count). The van der Waals surface area contributed by atoms with Crippen molar-refractivity contribution in [3.8, 4) is 0 Å². The van der Waals surface area contributed by atoms with Crippen LogP contribution in [0.1, 0.15) is 27.5 Å². The van der Waals surface area contributed by atoms with Gasteiger partial charge >= 0.3 is 0 Å². The highest BCUT2D eigenvalue weighted by Gasteiger charge is 2.33. The average Bonchev–Trinajstić information content (AvgIpc) is 2.83. The van der Waals surface area contributed by atoms with Crippen LogP contribution in [-0.2, 0) is 6.42 Å². The predicted molar refractivity (Wildman–Crippen MR) is 79.5 cm³/mol. The largest absolute Gasteiger partial charge is 0.390 e. The minimum Gasteiger partial charge on any atom is -0.390 e. The summed E-state index contributed by atoms with van der Waals surface area (Å²) in [6.45, 7) is 0. The van der Waals surface area contributed by atoms with Crippen molar-refractivity contribution in [1.82, 2.24) is 5.32 Å². The van der Waals surface area contributed by atoms with Gasteiger partial charge in [0, 0.05) is 24.1 Å². The first-order chi connectivity index (χ1) is 10.6. The van der Waals surface area contributed by atoms with Crippen molar-refractivity contribution in [1.29, 1.82) is 0 Å². The maximum atomic E-state index is 12.2. The van der Waals surface area contributed by atoms with Gasteiger partial charge in [-0.15, -0.1) is 0 Å². The van der Waals surface area contributed by atoms with Gasteiger partial charge in [0.05, 0.1) is 17.1 Å². The van der Waals surface area contributed by atoms with Crippen LogP contribution in [0.15, 0.2) is 48.5 Å². The number of fused-ring (bicyclic) bond motifs is 1. The molecular formula is C16H14N2O4. The fraction of sp³-hybridized carbons (Fsp3) is 0.188. The Morgan fingerprint density at radius 1 is 1.23 bits per heavy atom. The second kappa shape index (κ2) is 5.57. The Balaban J connectivity index is 1.88. The third-order valence-electron chi connectivity index (χ3n) is 3.81. The van der Waals surface area contributed by atoms with Crippen LogP contribution in [0.3, 0.4) is 0 Å². The lowest BCUT2D eigenvalue weighted by Gasteiger charge is -2.17. The van der Waals surface area contributed by atoms with Crippen LogP contribution in [0.5, 0.6) is 0 Å². The molecule has 1 aliphatic rings. The number of carbonyl (C=O) groups is 1. The number of hydrogen-bond donors (Lipinski definition) is 2. The number of carbonyl (C=O) groups excluding carboxylic acids is 1. The van der Waals surface area contributed by atoms with Crippen molar-refractivity contribution < 1.29 is 14.8 Å². The Morgan fingerprint density at radius 3 is 2.64 bits per heavy atom. The molecule has 0 saturated heterocycles. The highest BCUT2D eigenvalue weighted by atomic mass is 16.6. The standard InChI is InChI=1S/C16H14N2O4/c19-14-8-11-6-7-12(18(21)22)9-13(11)15(14)17-16(20)10-4-2-1-3-5-10/h1-7,9,14-15,19H,8H2,(H,17,20). The van der Waals surface area contributed by atoms with Gasteiger partial charge in [-0.25, -0.2) is 0 Å². The molecule has 0 radical (unpaired) electrons. The highest BCUT2D eigenvalue weighted by Crippen LogP contribution is 2.34. The van der Waals surface area contributed by atoms with Gasteiger partial charge in [-0.3, -0.25) is 14.9 Å². The predicted octanol–water partition coefficient (Wildman–Crippen LogP) is 1.98. The number of amides is 1. The van der Waals surface area contributed by atoms with Crippen LogP contribution >= 0.6 is 0 Å². The van der Waals surface area contributed by atoms with Crippen molar-refractivity contribution in [2.75, 3.05) is 0 Å². The fourth-order valence-electron chi connectivity index (χ4n) is 2.71. The van der Waals surface area contributed by atoms with Gasteiger partial charge in [-0.05, 0) is 23.3 Å². The Bertz CT molecular complexity index is 730. The second-order valence-electron chi connectivity index (χ2n) is 5.23. The van der Waals surface area contributed by atoms with Gasteiger partial charge in [-0.2, -0.15) is 0 Å². The molecule has 1 aliphatic carbocycles. The Hall–Kier alpha value is -2.73. The molecule has 22 heavy (non-hydrogen) atoms. The lowest BCUT2D eigenvalue weighted by Crippen LogP contribution is -2.33. The zero-order valence-corrected chi connectivity index (χ0v) is 11.6. The Kier molecular flexibility index (Phi) is 3.60. The molecule has 2 unspecified atom stereocenters. The molecule has 6 heteroatoms. The molecule has 0 spiro atoms. The van der Waals surface area contributed by atoms with E-state index in [4.69, 9.17) is 0 Å². The first-order valence-corrected chi connectivity index (χ1v) is 6.87. The number of rotatable bonds is 3. The van der Waals surface area contributed by atoms with Gasteiger partial charge in [0.2, 0.25) is 0 Å². The minimum absolute atomic E-state index is 0.0492. The number of nitro benzene ring substituents is 1. The summed E-state index contributed by atoms with van der Waals surface area (Å²) in [7, 11) is 0. The Labute approximate surface area is 126 Å². The quantitative estimate of drug-likeness (QED) is 0.669. The number of nitrogens with zero attached hydrogens (tertiary/aromatic N) is 1. The molecule has 2 aromatic carbocycles. The topological polar surface area (TPSA) is 92.5 Å². The number of aliphatic hydroxyl groups excluding tert-OH is 1. The number of aliphatic hydroxyl groups is 1. The smallest absolute Gasteiger partial charge is 0.269 e. The van der Waals surface area contributed by atoms with Crippen LogP contribution in [0.4, 0.5) is 5.69 Å². The summed E-state index contributed by atoms with van der Waals surface area (Å²) in [5, 5.41) is 23.8. The minimum atomic E-state index is -0.787. The van der Waals surface area contributed by atoms with Crippen molar-refractivity contribution in [2.24, 2.45) is 0 Å². The lowest BCUT2D eigenvalue weighted by atomic mass is 10.1. The lowest BCUT2D eigenvalue weighted by molar-refractivity contribution is -0.384. The molecule has 2 atom stereocenters. The molecule has 6 nitrogen and oxygen atoms in total. The van der Waals surface area contributed by atoms with E-state index < -0.39 is 17.1 Å². The van der Waals surface area contributed by atoms with E-state index in [0.717, 1.165) is 5.56 Å². The van der Waals surface area contributed by atoms with Crippen LogP contribution in [-0.4, -0.2) is 22.0 Å². The third-order valence-corrected chi connectivity index (χ3v) is 3.81. The normalized spacial score (nSPS) is 19.5. The third kappa shape index (κ3) is 2.56. The number of nitro groups is 1. The summed E-state index contributed by atoms with van der Waals surface area (Å²) in [5.74, 6) is -0.316. The van der Waals surface area contributed by atoms with E-state index in [-0.39, 0.29) is 11.6 Å². The molecule has 0 aliphatic heterocycles. The maximum Gasteiger partial charge on any atom is 0.269 e. The number of non-ortho nitro benzene ring substituents is 1. The van der Waals surface area contributed by atoms with E-state index in [1.54, 1.807) is 36.4 Å². The monoisotopic (exact) mass is 298 g/mol. The molecule has 2 N–H and O–H groups in total. The van der Waals surface area contributed by atoms with Crippen LogP contribution in [0.2, 0.25) is 0 Å². The molecule has 2 aromatic rings. The highest BCUT2D eigenvalue weighted by molar-refractivity contribution is 5.94. The first kappa shape index (κ1) is 14.2. The van der Waals surface area contributed by atoms with E-state index in [0.29, 0.717) is 17.5 Å². The SMILES string of the molecule is O=C(NC1c2cc([N+](=O)[O-])ccc2CC1O)c1ccccc1. The van der Waals surface area contributed by atoms with Crippen molar-refractivity contribution in [2.45, 2.75) is 18.6 Å². The fourth-order valence-corrected chi connectivity index (χ4v) is 2.71. The van der Waals surface area contributed by atoms with Gasteiger partial charge in [0.1, 0.15) is 0 Å². The summed E-state index contributed by atoms with van der Waals surface area (Å²) < 4.78 is 0. The number of benzene rings is 2.